The van der Waals surface area contributed by atoms with E-state index in [9.17, 15) is 23.1 Å². The number of carbonyl (C=O) groups is 2. The van der Waals surface area contributed by atoms with Crippen LogP contribution in [0.2, 0.25) is 0 Å². The molecule has 13 nitrogen and oxygen atoms in total. The van der Waals surface area contributed by atoms with Crippen LogP contribution in [0, 0.1) is 6.92 Å². The Balaban J connectivity index is 1.13. The first-order chi connectivity index (χ1) is 27.8. The van der Waals surface area contributed by atoms with Gasteiger partial charge in [-0.05, 0) is 106 Å². The van der Waals surface area contributed by atoms with Crippen LogP contribution < -0.4 is 9.64 Å². The van der Waals surface area contributed by atoms with Crippen molar-refractivity contribution in [2.75, 3.05) is 31.1 Å². The summed E-state index contributed by atoms with van der Waals surface area (Å²) in [6.07, 6.45) is 6.85. The van der Waals surface area contributed by atoms with E-state index in [1.807, 2.05) is 68.7 Å². The lowest BCUT2D eigenvalue weighted by Crippen LogP contribution is -2.51. The van der Waals surface area contributed by atoms with Gasteiger partial charge in [0.2, 0.25) is 0 Å². The van der Waals surface area contributed by atoms with Gasteiger partial charge in [0.05, 0.1) is 47.4 Å². The molecule has 298 valence electrons. The van der Waals surface area contributed by atoms with Crippen molar-refractivity contribution in [2.24, 2.45) is 0 Å². The number of pyridine rings is 1. The molecule has 1 N–H and O–H groups in total. The van der Waals surface area contributed by atoms with E-state index in [1.165, 1.54) is 9.54 Å². The largest absolute Gasteiger partial charge is 0.491 e. The lowest BCUT2D eigenvalue weighted by Gasteiger charge is -2.40. The number of aromatic nitrogens is 4. The molecule has 2 fully saturated rings. The summed E-state index contributed by atoms with van der Waals surface area (Å²) in [5, 5.41) is 11.5. The van der Waals surface area contributed by atoms with Crippen LogP contribution in [0.15, 0.2) is 96.4 Å². The van der Waals surface area contributed by atoms with E-state index in [4.69, 9.17) is 9.47 Å². The van der Waals surface area contributed by atoms with Crippen LogP contribution in [0.1, 0.15) is 72.6 Å². The van der Waals surface area contributed by atoms with Gasteiger partial charge < -0.3 is 28.9 Å². The molecule has 0 bridgehead atoms. The van der Waals surface area contributed by atoms with Crippen LogP contribution in [0.4, 0.5) is 10.5 Å². The van der Waals surface area contributed by atoms with E-state index >= 15 is 0 Å². The van der Waals surface area contributed by atoms with E-state index in [0.717, 1.165) is 18.4 Å². The number of anilines is 1. The summed E-state index contributed by atoms with van der Waals surface area (Å²) in [6.45, 7) is 8.34. The van der Waals surface area contributed by atoms with Crippen LogP contribution >= 0.6 is 0 Å². The van der Waals surface area contributed by atoms with E-state index in [1.54, 1.807) is 64.9 Å². The minimum absolute atomic E-state index is 0.0804. The smallest absolute Gasteiger partial charge is 0.410 e. The molecule has 1 saturated carbocycles. The average Bonchev–Trinajstić information content (AvgIpc) is 3.82. The highest BCUT2D eigenvalue weighted by atomic mass is 32.2. The standard InChI is InChI=1S/C44H44N6O7S/c1-27-8-13-31(14-9-27)58(54,55)50-39(37-24-48(26-46-37)30-22-47(23-30)43(53)57-44(2,3)4)21-35-33(16-17-45-41(35)50)32-6-5-7-38(36(32)25-51)49-18-19-56-40-20-29(28-10-11-28)12-15-34(40)42(49)52/h5-9,12-17,20-21,24,26,28,30,51H,10-11,18-19,22-23,25H2,1-4H3. The second kappa shape index (κ2) is 14.1. The molecule has 58 heavy (non-hydrogen) atoms. The number of hydrogen-bond donors (Lipinski definition) is 1. The molecule has 3 aromatic carbocycles. The zero-order valence-electron chi connectivity index (χ0n) is 32.8. The fraction of sp³-hybridized carbons (Fsp3) is 0.318. The quantitative estimate of drug-likeness (QED) is 0.167. The number of ether oxygens (including phenoxy) is 2. The number of imidazole rings is 1. The van der Waals surface area contributed by atoms with Crippen molar-refractivity contribution in [3.63, 3.8) is 0 Å². The molecule has 1 saturated heterocycles. The summed E-state index contributed by atoms with van der Waals surface area (Å²) in [6, 6.07) is 21.4. The Labute approximate surface area is 336 Å². The van der Waals surface area contributed by atoms with Gasteiger partial charge in [0.15, 0.2) is 5.65 Å². The first-order valence-corrected chi connectivity index (χ1v) is 20.9. The highest BCUT2D eigenvalue weighted by Crippen LogP contribution is 2.43. The van der Waals surface area contributed by atoms with Crippen LogP contribution in [0.3, 0.4) is 0 Å². The molecule has 14 heteroatoms. The number of amides is 2. The van der Waals surface area contributed by atoms with Crippen molar-refractivity contribution in [1.82, 2.24) is 23.4 Å². The number of aryl methyl sites for hydroxylation is 1. The van der Waals surface area contributed by atoms with Gasteiger partial charge in [0.1, 0.15) is 23.7 Å². The van der Waals surface area contributed by atoms with E-state index in [-0.39, 0.29) is 41.7 Å². The number of likely N-dealkylation sites (tertiary alicyclic amines) is 1. The van der Waals surface area contributed by atoms with E-state index < -0.39 is 22.2 Å². The van der Waals surface area contributed by atoms with E-state index in [2.05, 4.69) is 9.97 Å². The first-order valence-electron chi connectivity index (χ1n) is 19.5. The van der Waals surface area contributed by atoms with Crippen molar-refractivity contribution < 1.29 is 32.6 Å². The third kappa shape index (κ3) is 6.69. The molecule has 5 heterocycles. The monoisotopic (exact) mass is 800 g/mol. The number of aliphatic hydroxyl groups excluding tert-OH is 1. The molecule has 0 spiro atoms. The highest BCUT2D eigenvalue weighted by Gasteiger charge is 2.36. The highest BCUT2D eigenvalue weighted by molar-refractivity contribution is 7.90. The maximum atomic E-state index is 14.7. The van der Waals surface area contributed by atoms with Gasteiger partial charge in [-0.1, -0.05) is 35.9 Å². The van der Waals surface area contributed by atoms with Crippen molar-refractivity contribution >= 4 is 38.7 Å². The van der Waals surface area contributed by atoms with Gasteiger partial charge >= 0.3 is 6.09 Å². The summed E-state index contributed by atoms with van der Waals surface area (Å²) >= 11 is 0. The SMILES string of the molecule is Cc1ccc(S(=O)(=O)n2c(-c3cn(C4CN(C(=O)OC(C)(C)C)C4)cn3)cc3c(-c4cccc(N5CCOc6cc(C7CC7)ccc6C5=O)c4CO)ccnc32)cc1. The zero-order valence-corrected chi connectivity index (χ0v) is 33.6. The minimum Gasteiger partial charge on any atom is -0.491 e. The Morgan fingerprint density at radius 2 is 1.74 bits per heavy atom. The average molecular weight is 801 g/mol. The van der Waals surface area contributed by atoms with Gasteiger partial charge in [0.25, 0.3) is 15.9 Å². The van der Waals surface area contributed by atoms with Crippen molar-refractivity contribution in [3.8, 4) is 28.3 Å². The number of fused-ring (bicyclic) bond motifs is 2. The predicted octanol–water partition coefficient (Wildman–Crippen LogP) is 7.31. The fourth-order valence-corrected chi connectivity index (χ4v) is 9.28. The normalized spacial score (nSPS) is 16.2. The third-order valence-electron chi connectivity index (χ3n) is 11.0. The molecular weight excluding hydrogens is 757 g/mol. The summed E-state index contributed by atoms with van der Waals surface area (Å²) in [7, 11) is -4.22. The molecule has 0 radical (unpaired) electrons. The first kappa shape index (κ1) is 37.6. The number of aliphatic hydroxyl groups is 1. The lowest BCUT2D eigenvalue weighted by atomic mass is 9.96. The van der Waals surface area contributed by atoms with Gasteiger partial charge in [-0.3, -0.25) is 4.79 Å². The van der Waals surface area contributed by atoms with Gasteiger partial charge in [-0.15, -0.1) is 0 Å². The predicted molar refractivity (Wildman–Crippen MR) is 219 cm³/mol. The Kier molecular flexibility index (Phi) is 9.16. The maximum Gasteiger partial charge on any atom is 0.410 e. The summed E-state index contributed by atoms with van der Waals surface area (Å²) in [5.41, 5.74) is 5.07. The summed E-state index contributed by atoms with van der Waals surface area (Å²) in [4.78, 5) is 39.5. The number of carbonyl (C=O) groups excluding carboxylic acids is 2. The number of hydrogen-bond acceptors (Lipinski definition) is 9. The van der Waals surface area contributed by atoms with Gasteiger partial charge in [0, 0.05) is 36.4 Å². The molecule has 0 atom stereocenters. The topological polar surface area (TPSA) is 149 Å². The Morgan fingerprint density at radius 3 is 2.47 bits per heavy atom. The van der Waals surface area contributed by atoms with Crippen LogP contribution in [-0.2, 0) is 21.4 Å². The molecule has 2 aliphatic heterocycles. The lowest BCUT2D eigenvalue weighted by molar-refractivity contribution is 0.00105. The Bertz CT molecular complexity index is 2700. The van der Waals surface area contributed by atoms with Gasteiger partial charge in [-0.25, -0.2) is 27.2 Å². The molecule has 0 unspecified atom stereocenters. The fourth-order valence-electron chi connectivity index (χ4n) is 7.81. The molecule has 3 aromatic heterocycles. The molecule has 1 aliphatic carbocycles. The molecule has 2 amide bonds. The summed E-state index contributed by atoms with van der Waals surface area (Å²) < 4.78 is 44.0. The van der Waals surface area contributed by atoms with Gasteiger partial charge in [-0.2, -0.15) is 0 Å². The molecule has 3 aliphatic rings. The van der Waals surface area contributed by atoms with Crippen molar-refractivity contribution in [1.29, 1.82) is 0 Å². The molecule has 9 rings (SSSR count). The molecule has 6 aromatic rings. The van der Waals surface area contributed by atoms with Crippen molar-refractivity contribution in [2.45, 2.75) is 69.6 Å². The van der Waals surface area contributed by atoms with Crippen LogP contribution in [0.25, 0.3) is 33.5 Å². The third-order valence-corrected chi connectivity index (χ3v) is 12.7. The summed E-state index contributed by atoms with van der Waals surface area (Å²) in [5.74, 6) is 0.851. The molecular formula is C44H44N6O7S. The Hall–Kier alpha value is -5.99. The van der Waals surface area contributed by atoms with Crippen LogP contribution in [-0.4, -0.2) is 80.8 Å². The second-order valence-corrected chi connectivity index (χ2v) is 18.0. The number of nitrogens with zero attached hydrogens (tertiary/aromatic N) is 6. The van der Waals surface area contributed by atoms with Crippen molar-refractivity contribution in [3.05, 3.63) is 114 Å². The maximum absolute atomic E-state index is 14.7. The Morgan fingerprint density at radius 1 is 0.966 bits per heavy atom. The zero-order chi connectivity index (χ0) is 40.5. The minimum atomic E-state index is -4.22. The number of benzene rings is 3. The number of rotatable bonds is 8. The second-order valence-electron chi connectivity index (χ2n) is 16.2. The van der Waals surface area contributed by atoms with Crippen LogP contribution in [0.5, 0.6) is 5.75 Å². The van der Waals surface area contributed by atoms with E-state index in [0.29, 0.717) is 69.5 Å².